The standard InChI is InChI=1S/C16H16N4O4S/c1-23-16-15(11-3-5-13(6-4-11)25(2,21)22)19-14(10-18-16)17-9-12-7-8-24-20-12/h3-8,10H,9H2,1-2H3,(H,17,19). The van der Waals surface area contributed by atoms with Crippen LogP contribution in [0.1, 0.15) is 5.69 Å². The highest BCUT2D eigenvalue weighted by atomic mass is 32.2. The van der Waals surface area contributed by atoms with Crippen molar-refractivity contribution in [2.24, 2.45) is 0 Å². The van der Waals surface area contributed by atoms with Gasteiger partial charge in [0.05, 0.1) is 24.7 Å². The quantitative estimate of drug-likeness (QED) is 0.712. The minimum Gasteiger partial charge on any atom is -0.479 e. The van der Waals surface area contributed by atoms with Gasteiger partial charge in [0, 0.05) is 17.9 Å². The van der Waals surface area contributed by atoms with Crippen molar-refractivity contribution >= 4 is 15.7 Å². The minimum atomic E-state index is -3.25. The number of aromatic nitrogens is 3. The van der Waals surface area contributed by atoms with Gasteiger partial charge >= 0.3 is 0 Å². The monoisotopic (exact) mass is 360 g/mol. The summed E-state index contributed by atoms with van der Waals surface area (Å²) in [6, 6.07) is 8.14. The second-order valence-electron chi connectivity index (χ2n) is 5.25. The van der Waals surface area contributed by atoms with E-state index in [2.05, 4.69) is 20.4 Å². The molecule has 2 heterocycles. The first kappa shape index (κ1) is 16.9. The predicted molar refractivity (Wildman–Crippen MR) is 91.0 cm³/mol. The molecule has 3 rings (SSSR count). The molecule has 0 aliphatic carbocycles. The van der Waals surface area contributed by atoms with Crippen LogP contribution in [0.25, 0.3) is 11.3 Å². The lowest BCUT2D eigenvalue weighted by Crippen LogP contribution is -2.04. The molecule has 0 saturated heterocycles. The van der Waals surface area contributed by atoms with E-state index in [1.54, 1.807) is 24.4 Å². The third-order valence-corrected chi connectivity index (χ3v) is 4.56. The Morgan fingerprint density at radius 3 is 2.56 bits per heavy atom. The van der Waals surface area contributed by atoms with Gasteiger partial charge in [-0.2, -0.15) is 0 Å². The maximum absolute atomic E-state index is 11.6. The maximum Gasteiger partial charge on any atom is 0.240 e. The molecule has 0 spiro atoms. The molecule has 9 heteroatoms. The summed E-state index contributed by atoms with van der Waals surface area (Å²) >= 11 is 0. The van der Waals surface area contributed by atoms with Gasteiger partial charge in [-0.25, -0.2) is 18.4 Å². The molecule has 3 aromatic rings. The molecule has 2 aromatic heterocycles. The smallest absolute Gasteiger partial charge is 0.240 e. The van der Waals surface area contributed by atoms with Crippen molar-refractivity contribution in [3.63, 3.8) is 0 Å². The maximum atomic E-state index is 11.6. The van der Waals surface area contributed by atoms with E-state index < -0.39 is 9.84 Å². The lowest BCUT2D eigenvalue weighted by molar-refractivity contribution is 0.398. The molecule has 25 heavy (non-hydrogen) atoms. The van der Waals surface area contributed by atoms with Crippen molar-refractivity contribution in [3.05, 3.63) is 48.5 Å². The second kappa shape index (κ2) is 6.89. The lowest BCUT2D eigenvalue weighted by atomic mass is 10.1. The van der Waals surface area contributed by atoms with Crippen molar-refractivity contribution in [1.29, 1.82) is 0 Å². The van der Waals surface area contributed by atoms with E-state index >= 15 is 0 Å². The van der Waals surface area contributed by atoms with E-state index in [9.17, 15) is 8.42 Å². The van der Waals surface area contributed by atoms with Crippen LogP contribution in [-0.4, -0.2) is 36.9 Å². The molecule has 8 nitrogen and oxygen atoms in total. The number of hydrogen-bond donors (Lipinski definition) is 1. The zero-order chi connectivity index (χ0) is 17.9. The first-order valence-electron chi connectivity index (χ1n) is 7.32. The highest BCUT2D eigenvalue weighted by Crippen LogP contribution is 2.28. The number of sulfone groups is 1. The van der Waals surface area contributed by atoms with Crippen LogP contribution in [0.3, 0.4) is 0 Å². The Balaban J connectivity index is 1.89. The van der Waals surface area contributed by atoms with Crippen LogP contribution in [-0.2, 0) is 16.4 Å². The Morgan fingerprint density at radius 2 is 1.96 bits per heavy atom. The SMILES string of the molecule is COc1ncc(NCc2ccon2)nc1-c1ccc(S(C)(=O)=O)cc1. The average Bonchev–Trinajstić information content (AvgIpc) is 3.12. The Morgan fingerprint density at radius 1 is 1.20 bits per heavy atom. The van der Waals surface area contributed by atoms with Gasteiger partial charge in [0.1, 0.15) is 23.5 Å². The van der Waals surface area contributed by atoms with Crippen LogP contribution in [0.4, 0.5) is 5.82 Å². The van der Waals surface area contributed by atoms with E-state index in [-0.39, 0.29) is 4.90 Å². The second-order valence-corrected chi connectivity index (χ2v) is 7.27. The van der Waals surface area contributed by atoms with E-state index in [1.807, 2.05) is 0 Å². The van der Waals surface area contributed by atoms with Crippen molar-refractivity contribution < 1.29 is 17.7 Å². The van der Waals surface area contributed by atoms with Crippen LogP contribution >= 0.6 is 0 Å². The van der Waals surface area contributed by atoms with Crippen LogP contribution in [0.2, 0.25) is 0 Å². The summed E-state index contributed by atoms with van der Waals surface area (Å²) in [6.45, 7) is 0.434. The first-order chi connectivity index (χ1) is 12.0. The van der Waals surface area contributed by atoms with Gasteiger partial charge in [-0.15, -0.1) is 0 Å². The van der Waals surface area contributed by atoms with Crippen LogP contribution in [0.5, 0.6) is 5.88 Å². The molecule has 0 bridgehead atoms. The van der Waals surface area contributed by atoms with E-state index in [1.165, 1.54) is 25.5 Å². The zero-order valence-corrected chi connectivity index (χ0v) is 14.4. The molecule has 0 amide bonds. The molecular weight excluding hydrogens is 344 g/mol. The summed E-state index contributed by atoms with van der Waals surface area (Å²) in [5, 5.41) is 6.91. The number of nitrogens with zero attached hydrogens (tertiary/aromatic N) is 3. The van der Waals surface area contributed by atoms with Crippen LogP contribution in [0, 0.1) is 0 Å². The predicted octanol–water partition coefficient (Wildman–Crippen LogP) is 2.16. The van der Waals surface area contributed by atoms with E-state index in [4.69, 9.17) is 9.26 Å². The van der Waals surface area contributed by atoms with Crippen molar-refractivity contribution in [3.8, 4) is 17.1 Å². The summed E-state index contributed by atoms with van der Waals surface area (Å²) in [5.41, 5.74) is 1.94. The van der Waals surface area contributed by atoms with Gasteiger partial charge in [0.2, 0.25) is 5.88 Å². The molecule has 0 atom stereocenters. The molecule has 0 aliphatic heterocycles. The fourth-order valence-electron chi connectivity index (χ4n) is 2.17. The molecule has 0 saturated carbocycles. The van der Waals surface area contributed by atoms with Crippen LogP contribution < -0.4 is 10.1 Å². The lowest BCUT2D eigenvalue weighted by Gasteiger charge is -2.10. The summed E-state index contributed by atoms with van der Waals surface area (Å²) in [4.78, 5) is 8.97. The highest BCUT2D eigenvalue weighted by molar-refractivity contribution is 7.90. The number of hydrogen-bond acceptors (Lipinski definition) is 8. The van der Waals surface area contributed by atoms with Gasteiger partial charge < -0.3 is 14.6 Å². The van der Waals surface area contributed by atoms with Gasteiger partial charge in [0.25, 0.3) is 0 Å². The molecule has 130 valence electrons. The number of ether oxygens (including phenoxy) is 1. The van der Waals surface area contributed by atoms with E-state index in [0.29, 0.717) is 29.5 Å². The summed E-state index contributed by atoms with van der Waals surface area (Å²) in [7, 11) is -1.75. The van der Waals surface area contributed by atoms with Crippen LogP contribution in [0.15, 0.2) is 52.2 Å². The summed E-state index contributed by atoms with van der Waals surface area (Å²) < 4.78 is 33.2. The fraction of sp³-hybridized carbons (Fsp3) is 0.188. The number of benzene rings is 1. The molecule has 1 aromatic carbocycles. The Labute approximate surface area is 144 Å². The third-order valence-electron chi connectivity index (χ3n) is 3.43. The molecule has 0 aliphatic rings. The molecule has 1 N–H and O–H groups in total. The molecular formula is C16H16N4O4S. The molecule has 0 unspecified atom stereocenters. The average molecular weight is 360 g/mol. The number of rotatable bonds is 6. The largest absolute Gasteiger partial charge is 0.479 e. The topological polar surface area (TPSA) is 107 Å². The molecule has 0 fully saturated rings. The Kier molecular flexibility index (Phi) is 4.66. The van der Waals surface area contributed by atoms with Crippen molar-refractivity contribution in [1.82, 2.24) is 15.1 Å². The number of anilines is 1. The van der Waals surface area contributed by atoms with Gasteiger partial charge in [-0.1, -0.05) is 17.3 Å². The van der Waals surface area contributed by atoms with Crippen molar-refractivity contribution in [2.45, 2.75) is 11.4 Å². The first-order valence-corrected chi connectivity index (χ1v) is 9.21. The Bertz CT molecular complexity index is 954. The minimum absolute atomic E-state index is 0.239. The zero-order valence-electron chi connectivity index (χ0n) is 13.6. The number of nitrogens with one attached hydrogen (secondary N) is 1. The number of methoxy groups -OCH3 is 1. The van der Waals surface area contributed by atoms with Gasteiger partial charge in [-0.3, -0.25) is 0 Å². The highest BCUT2D eigenvalue weighted by Gasteiger charge is 2.13. The summed E-state index contributed by atoms with van der Waals surface area (Å²) in [6.07, 6.45) is 4.20. The summed E-state index contributed by atoms with van der Waals surface area (Å²) in [5.74, 6) is 0.880. The fourth-order valence-corrected chi connectivity index (χ4v) is 2.80. The van der Waals surface area contributed by atoms with Gasteiger partial charge in [0.15, 0.2) is 9.84 Å². The molecule has 0 radical (unpaired) electrons. The van der Waals surface area contributed by atoms with Crippen molar-refractivity contribution in [2.75, 3.05) is 18.7 Å². The normalized spacial score (nSPS) is 11.3. The van der Waals surface area contributed by atoms with Gasteiger partial charge in [-0.05, 0) is 12.1 Å². The third kappa shape index (κ3) is 3.94. The Hall–Kier alpha value is -2.94. The van der Waals surface area contributed by atoms with E-state index in [0.717, 1.165) is 11.9 Å².